The monoisotopic (exact) mass is 204 g/mol. The lowest BCUT2D eigenvalue weighted by Gasteiger charge is -2.02. The Labute approximate surface area is 87.4 Å². The van der Waals surface area contributed by atoms with Crippen LogP contribution >= 0.6 is 11.3 Å². The normalized spacial score (nSPS) is 10.4. The fourth-order valence-electron chi connectivity index (χ4n) is 1.33. The molecule has 0 spiro atoms. The zero-order valence-electron chi connectivity index (χ0n) is 8.24. The number of anilines is 1. The van der Waals surface area contributed by atoms with Crippen LogP contribution in [0.3, 0.4) is 0 Å². The van der Waals surface area contributed by atoms with E-state index in [-0.39, 0.29) is 0 Å². The highest BCUT2D eigenvalue weighted by atomic mass is 32.1. The van der Waals surface area contributed by atoms with Crippen molar-refractivity contribution in [1.29, 1.82) is 0 Å². The smallest absolute Gasteiger partial charge is 0.125 e. The minimum atomic E-state index is 0.796. The van der Waals surface area contributed by atoms with Crippen LogP contribution in [0, 0.1) is 13.8 Å². The van der Waals surface area contributed by atoms with Crippen LogP contribution in [0.15, 0.2) is 23.6 Å². The molecule has 2 nitrogen and oxygen atoms in total. The van der Waals surface area contributed by atoms with Gasteiger partial charge in [-0.2, -0.15) is 0 Å². The maximum Gasteiger partial charge on any atom is 0.125 e. The summed E-state index contributed by atoms with van der Waals surface area (Å²) in [6, 6.07) is 6.02. The second kappa shape index (κ2) is 3.42. The Morgan fingerprint density at radius 1 is 1.29 bits per heavy atom. The predicted octanol–water partition coefficient (Wildman–Crippen LogP) is 3.01. The van der Waals surface area contributed by atoms with Crippen LogP contribution in [0.5, 0.6) is 0 Å². The van der Waals surface area contributed by atoms with Gasteiger partial charge in [-0.3, -0.25) is 0 Å². The maximum absolute atomic E-state index is 5.90. The van der Waals surface area contributed by atoms with Crippen LogP contribution in [0.4, 0.5) is 5.69 Å². The summed E-state index contributed by atoms with van der Waals surface area (Å²) in [5.74, 6) is 0. The van der Waals surface area contributed by atoms with E-state index in [1.807, 2.05) is 24.4 Å². The number of rotatable bonds is 1. The Morgan fingerprint density at radius 3 is 2.71 bits per heavy atom. The van der Waals surface area contributed by atoms with Gasteiger partial charge in [-0.25, -0.2) is 4.98 Å². The number of hydrogen-bond acceptors (Lipinski definition) is 3. The number of benzene rings is 1. The second-order valence-electron chi connectivity index (χ2n) is 3.38. The van der Waals surface area contributed by atoms with Gasteiger partial charge in [-0.05, 0) is 26.0 Å². The number of aryl methyl sites for hydroxylation is 2. The van der Waals surface area contributed by atoms with E-state index in [2.05, 4.69) is 18.0 Å². The summed E-state index contributed by atoms with van der Waals surface area (Å²) >= 11 is 1.63. The van der Waals surface area contributed by atoms with Crippen LogP contribution in [0.1, 0.15) is 11.3 Å². The van der Waals surface area contributed by atoms with Crippen molar-refractivity contribution in [3.63, 3.8) is 0 Å². The van der Waals surface area contributed by atoms with Gasteiger partial charge < -0.3 is 5.73 Å². The van der Waals surface area contributed by atoms with Gasteiger partial charge in [0.1, 0.15) is 5.01 Å². The zero-order chi connectivity index (χ0) is 10.1. The number of nitrogens with zero attached hydrogens (tertiary/aromatic N) is 1. The Balaban J connectivity index is 2.55. The molecular formula is C11H12N2S. The van der Waals surface area contributed by atoms with Gasteiger partial charge in [0.15, 0.2) is 0 Å². The van der Waals surface area contributed by atoms with Crippen molar-refractivity contribution in [2.75, 3.05) is 5.73 Å². The van der Waals surface area contributed by atoms with Crippen molar-refractivity contribution in [2.24, 2.45) is 0 Å². The van der Waals surface area contributed by atoms with E-state index < -0.39 is 0 Å². The molecule has 0 fully saturated rings. The van der Waals surface area contributed by atoms with E-state index in [1.165, 1.54) is 5.56 Å². The fraction of sp³-hybridized carbons (Fsp3) is 0.182. The fourth-order valence-corrected chi connectivity index (χ4v) is 2.17. The number of thiazole rings is 1. The quantitative estimate of drug-likeness (QED) is 0.725. The minimum Gasteiger partial charge on any atom is -0.398 e. The van der Waals surface area contributed by atoms with Crippen molar-refractivity contribution < 1.29 is 0 Å². The third kappa shape index (κ3) is 1.63. The lowest BCUT2D eigenvalue weighted by molar-refractivity contribution is 1.27. The van der Waals surface area contributed by atoms with Crippen molar-refractivity contribution in [2.45, 2.75) is 13.8 Å². The molecule has 0 saturated heterocycles. The Bertz CT molecular complexity index is 460. The van der Waals surface area contributed by atoms with Gasteiger partial charge in [0.2, 0.25) is 0 Å². The third-order valence-electron chi connectivity index (χ3n) is 2.06. The topological polar surface area (TPSA) is 38.9 Å². The summed E-state index contributed by atoms with van der Waals surface area (Å²) < 4.78 is 0. The molecule has 0 saturated carbocycles. The maximum atomic E-state index is 5.90. The number of nitrogens with two attached hydrogens (primary N) is 1. The van der Waals surface area contributed by atoms with Crippen molar-refractivity contribution in [3.8, 4) is 10.6 Å². The molecule has 0 unspecified atom stereocenters. The molecule has 1 aromatic heterocycles. The van der Waals surface area contributed by atoms with Gasteiger partial charge in [-0.1, -0.05) is 11.6 Å². The predicted molar refractivity (Wildman–Crippen MR) is 61.4 cm³/mol. The first-order valence-electron chi connectivity index (χ1n) is 4.45. The molecule has 1 heterocycles. The van der Waals surface area contributed by atoms with Gasteiger partial charge >= 0.3 is 0 Å². The largest absolute Gasteiger partial charge is 0.398 e. The van der Waals surface area contributed by atoms with E-state index in [4.69, 9.17) is 5.73 Å². The number of hydrogen-bond donors (Lipinski definition) is 1. The highest BCUT2D eigenvalue weighted by Crippen LogP contribution is 2.29. The SMILES string of the molecule is Cc1ccc(N)c(-c2nc(C)cs2)c1. The van der Waals surface area contributed by atoms with Crippen molar-refractivity contribution in [3.05, 3.63) is 34.8 Å². The summed E-state index contributed by atoms with van der Waals surface area (Å²) in [5.41, 5.74) is 10.00. The molecule has 2 rings (SSSR count). The van der Waals surface area contributed by atoms with Crippen LogP contribution in [0.25, 0.3) is 10.6 Å². The Hall–Kier alpha value is -1.35. The van der Waals surface area contributed by atoms with Gasteiger partial charge in [0.05, 0.1) is 0 Å². The van der Waals surface area contributed by atoms with Crippen LogP contribution < -0.4 is 5.73 Å². The second-order valence-corrected chi connectivity index (χ2v) is 4.24. The third-order valence-corrected chi connectivity index (χ3v) is 3.05. The first-order chi connectivity index (χ1) is 6.66. The first kappa shape index (κ1) is 9.21. The number of aromatic nitrogens is 1. The molecular weight excluding hydrogens is 192 g/mol. The Morgan fingerprint density at radius 2 is 2.07 bits per heavy atom. The molecule has 0 radical (unpaired) electrons. The number of nitrogen functional groups attached to an aromatic ring is 1. The highest BCUT2D eigenvalue weighted by molar-refractivity contribution is 7.13. The van der Waals surface area contributed by atoms with Crippen molar-refractivity contribution in [1.82, 2.24) is 4.98 Å². The summed E-state index contributed by atoms with van der Waals surface area (Å²) in [7, 11) is 0. The summed E-state index contributed by atoms with van der Waals surface area (Å²) in [5, 5.41) is 3.04. The lowest BCUT2D eigenvalue weighted by atomic mass is 10.1. The molecule has 2 N–H and O–H groups in total. The van der Waals surface area contributed by atoms with Crippen LogP contribution in [-0.4, -0.2) is 4.98 Å². The van der Waals surface area contributed by atoms with Gasteiger partial charge in [-0.15, -0.1) is 11.3 Å². The molecule has 3 heteroatoms. The summed E-state index contributed by atoms with van der Waals surface area (Å²) in [6.07, 6.45) is 0. The molecule has 1 aromatic carbocycles. The van der Waals surface area contributed by atoms with E-state index in [1.54, 1.807) is 11.3 Å². The molecule has 2 aromatic rings. The molecule has 0 atom stereocenters. The standard InChI is InChI=1S/C11H12N2S/c1-7-3-4-10(12)9(5-7)11-13-8(2)6-14-11/h3-6H,12H2,1-2H3. The van der Waals surface area contributed by atoms with Crippen molar-refractivity contribution >= 4 is 17.0 Å². The Kier molecular flexibility index (Phi) is 2.25. The molecule has 72 valence electrons. The zero-order valence-corrected chi connectivity index (χ0v) is 9.06. The van der Waals surface area contributed by atoms with Gasteiger partial charge in [0.25, 0.3) is 0 Å². The first-order valence-corrected chi connectivity index (χ1v) is 5.33. The molecule has 0 aliphatic heterocycles. The van der Waals surface area contributed by atoms with Crippen LogP contribution in [-0.2, 0) is 0 Å². The summed E-state index contributed by atoms with van der Waals surface area (Å²) in [6.45, 7) is 4.05. The van der Waals surface area contributed by atoms with Gasteiger partial charge in [0, 0.05) is 22.3 Å². The lowest BCUT2D eigenvalue weighted by Crippen LogP contribution is -1.90. The molecule has 14 heavy (non-hydrogen) atoms. The van der Waals surface area contributed by atoms with E-state index in [0.29, 0.717) is 0 Å². The molecule has 0 aliphatic rings. The summed E-state index contributed by atoms with van der Waals surface area (Å²) in [4.78, 5) is 4.42. The molecule has 0 amide bonds. The molecule has 0 aliphatic carbocycles. The van der Waals surface area contributed by atoms with E-state index >= 15 is 0 Å². The highest BCUT2D eigenvalue weighted by Gasteiger charge is 2.06. The van der Waals surface area contributed by atoms with E-state index in [9.17, 15) is 0 Å². The van der Waals surface area contributed by atoms with Crippen LogP contribution in [0.2, 0.25) is 0 Å². The molecule has 0 bridgehead atoms. The average molecular weight is 204 g/mol. The minimum absolute atomic E-state index is 0.796. The van der Waals surface area contributed by atoms with E-state index in [0.717, 1.165) is 22.0 Å². The average Bonchev–Trinajstić information content (AvgIpc) is 2.56.